The molecule has 1 saturated heterocycles. The molecule has 5 heteroatoms. The zero-order chi connectivity index (χ0) is 16.6. The van der Waals surface area contributed by atoms with Gasteiger partial charge < -0.3 is 15.0 Å². The summed E-state index contributed by atoms with van der Waals surface area (Å²) in [5, 5.41) is 3.23. The molecule has 1 saturated carbocycles. The number of carbonyl (C=O) groups excluding carboxylic acids is 1. The molecule has 0 radical (unpaired) electrons. The van der Waals surface area contributed by atoms with Gasteiger partial charge in [-0.15, -0.1) is 12.4 Å². The highest BCUT2D eigenvalue weighted by Gasteiger charge is 2.61. The lowest BCUT2D eigenvalue weighted by Crippen LogP contribution is -2.41. The maximum absolute atomic E-state index is 13.0. The number of nitrogens with one attached hydrogen (secondary N) is 1. The predicted molar refractivity (Wildman–Crippen MR) is 101 cm³/mol. The fourth-order valence-corrected chi connectivity index (χ4v) is 4.70. The molecule has 2 heterocycles. The highest BCUT2D eigenvalue weighted by atomic mass is 35.5. The molecule has 4 nitrogen and oxygen atoms in total. The van der Waals surface area contributed by atoms with Gasteiger partial charge in [-0.1, -0.05) is 18.2 Å². The fraction of sp³-hybridized carbons (Fsp3) is 0.650. The number of nitrogens with zero attached hydrogens (tertiary/aromatic N) is 1. The van der Waals surface area contributed by atoms with Gasteiger partial charge in [-0.3, -0.25) is 4.79 Å². The number of benzene rings is 1. The second-order valence-corrected chi connectivity index (χ2v) is 7.67. The first-order valence-electron chi connectivity index (χ1n) is 9.40. The SMILES string of the molecule is CNCCC1CCN(C(=O)C2CC23CCOc2ccccc23)CC1.Cl. The molecular formula is C20H29ClN2O2. The molecular weight excluding hydrogens is 336 g/mol. The van der Waals surface area contributed by atoms with E-state index in [-0.39, 0.29) is 23.7 Å². The van der Waals surface area contributed by atoms with Crippen molar-refractivity contribution in [3.63, 3.8) is 0 Å². The van der Waals surface area contributed by atoms with Crippen LogP contribution in [0.3, 0.4) is 0 Å². The zero-order valence-corrected chi connectivity index (χ0v) is 15.8. The molecule has 1 aromatic rings. The van der Waals surface area contributed by atoms with E-state index in [2.05, 4.69) is 22.3 Å². The Hall–Kier alpha value is -1.26. The Balaban J connectivity index is 0.00000182. The fourth-order valence-electron chi connectivity index (χ4n) is 4.70. The summed E-state index contributed by atoms with van der Waals surface area (Å²) >= 11 is 0. The van der Waals surface area contributed by atoms with E-state index in [0.29, 0.717) is 5.91 Å². The summed E-state index contributed by atoms with van der Waals surface area (Å²) in [6, 6.07) is 8.30. The van der Waals surface area contributed by atoms with Crippen molar-refractivity contribution >= 4 is 18.3 Å². The van der Waals surface area contributed by atoms with Gasteiger partial charge in [0.15, 0.2) is 0 Å². The smallest absolute Gasteiger partial charge is 0.226 e. The van der Waals surface area contributed by atoms with Crippen molar-refractivity contribution in [2.75, 3.05) is 33.3 Å². The van der Waals surface area contributed by atoms with Crippen LogP contribution < -0.4 is 10.1 Å². The highest BCUT2D eigenvalue weighted by Crippen LogP contribution is 2.61. The van der Waals surface area contributed by atoms with E-state index in [0.717, 1.165) is 63.6 Å². The molecule has 0 aromatic heterocycles. The van der Waals surface area contributed by atoms with E-state index in [9.17, 15) is 4.79 Å². The molecule has 3 aliphatic rings. The third-order valence-electron chi connectivity index (χ3n) is 6.33. The molecule has 2 unspecified atom stereocenters. The van der Waals surface area contributed by atoms with Crippen molar-refractivity contribution in [3.8, 4) is 5.75 Å². The monoisotopic (exact) mass is 364 g/mol. The number of likely N-dealkylation sites (tertiary alicyclic amines) is 1. The Morgan fingerprint density at radius 2 is 2.08 bits per heavy atom. The first-order chi connectivity index (χ1) is 11.7. The maximum atomic E-state index is 13.0. The molecule has 2 aliphatic heterocycles. The molecule has 4 rings (SSSR count). The number of amides is 1. The average molecular weight is 365 g/mol. The Morgan fingerprint density at radius 1 is 1.32 bits per heavy atom. The lowest BCUT2D eigenvalue weighted by molar-refractivity contribution is -0.134. The minimum Gasteiger partial charge on any atom is -0.493 e. The first kappa shape index (κ1) is 18.5. The first-order valence-corrected chi connectivity index (χ1v) is 9.40. The Morgan fingerprint density at radius 3 is 2.84 bits per heavy atom. The summed E-state index contributed by atoms with van der Waals surface area (Å²) < 4.78 is 5.79. The van der Waals surface area contributed by atoms with Gasteiger partial charge >= 0.3 is 0 Å². The minimum absolute atomic E-state index is 0. The molecule has 1 spiro atoms. The van der Waals surface area contributed by atoms with Crippen molar-refractivity contribution in [2.45, 2.75) is 37.5 Å². The minimum atomic E-state index is 0. The molecule has 1 aromatic carbocycles. The average Bonchev–Trinajstić information content (AvgIpc) is 3.35. The Labute approximate surface area is 156 Å². The van der Waals surface area contributed by atoms with Gasteiger partial charge in [0.1, 0.15) is 5.75 Å². The second-order valence-electron chi connectivity index (χ2n) is 7.67. The second kappa shape index (κ2) is 7.55. The Bertz CT molecular complexity index is 615. The van der Waals surface area contributed by atoms with Crippen LogP contribution in [0.2, 0.25) is 0 Å². The largest absolute Gasteiger partial charge is 0.493 e. The molecule has 25 heavy (non-hydrogen) atoms. The van der Waals surface area contributed by atoms with E-state index in [4.69, 9.17) is 4.74 Å². The van der Waals surface area contributed by atoms with Gasteiger partial charge in [-0.25, -0.2) is 0 Å². The molecule has 2 atom stereocenters. The van der Waals surface area contributed by atoms with Gasteiger partial charge in [0.05, 0.1) is 6.61 Å². The standard InChI is InChI=1S/C20H28N2O2.ClH/c1-21-10-6-15-7-11-22(12-8-15)19(23)17-14-20(17)9-13-24-18-5-3-2-4-16(18)20;/h2-5,15,17,21H,6-14H2,1H3;1H. The molecule has 1 amide bonds. The lowest BCUT2D eigenvalue weighted by Gasteiger charge is -2.33. The quantitative estimate of drug-likeness (QED) is 0.893. The summed E-state index contributed by atoms with van der Waals surface area (Å²) in [5.41, 5.74) is 1.33. The Kier molecular flexibility index (Phi) is 5.59. The third kappa shape index (κ3) is 3.39. The summed E-state index contributed by atoms with van der Waals surface area (Å²) in [5.74, 6) is 2.33. The maximum Gasteiger partial charge on any atom is 0.226 e. The van der Waals surface area contributed by atoms with Crippen LogP contribution in [0.25, 0.3) is 0 Å². The van der Waals surface area contributed by atoms with Crippen molar-refractivity contribution in [2.24, 2.45) is 11.8 Å². The number of carbonyl (C=O) groups is 1. The number of hydrogen-bond acceptors (Lipinski definition) is 3. The van der Waals surface area contributed by atoms with Crippen LogP contribution in [-0.2, 0) is 10.2 Å². The molecule has 1 aliphatic carbocycles. The number of halogens is 1. The van der Waals surface area contributed by atoms with Crippen molar-refractivity contribution in [1.82, 2.24) is 10.2 Å². The van der Waals surface area contributed by atoms with Crippen LogP contribution in [0.5, 0.6) is 5.75 Å². The summed E-state index contributed by atoms with van der Waals surface area (Å²) in [6.07, 6.45) is 5.54. The van der Waals surface area contributed by atoms with E-state index in [1.807, 2.05) is 19.2 Å². The van der Waals surface area contributed by atoms with E-state index in [1.165, 1.54) is 12.0 Å². The number of ether oxygens (including phenoxy) is 1. The van der Waals surface area contributed by atoms with E-state index in [1.54, 1.807) is 0 Å². The summed E-state index contributed by atoms with van der Waals surface area (Å²) in [7, 11) is 2.01. The summed E-state index contributed by atoms with van der Waals surface area (Å²) in [6.45, 7) is 3.71. The van der Waals surface area contributed by atoms with Crippen LogP contribution in [0.15, 0.2) is 24.3 Å². The zero-order valence-electron chi connectivity index (χ0n) is 15.0. The van der Waals surface area contributed by atoms with Gasteiger partial charge in [0, 0.05) is 30.0 Å². The normalized spacial score (nSPS) is 28.0. The highest BCUT2D eigenvalue weighted by molar-refractivity contribution is 5.85. The van der Waals surface area contributed by atoms with Gasteiger partial charge in [0.2, 0.25) is 5.91 Å². The van der Waals surface area contributed by atoms with Crippen LogP contribution in [0.4, 0.5) is 0 Å². The topological polar surface area (TPSA) is 41.6 Å². The number of para-hydroxylation sites is 1. The van der Waals surface area contributed by atoms with Crippen LogP contribution in [0.1, 0.15) is 37.7 Å². The van der Waals surface area contributed by atoms with Crippen LogP contribution in [0, 0.1) is 11.8 Å². The van der Waals surface area contributed by atoms with Crippen LogP contribution >= 0.6 is 12.4 Å². The molecule has 1 N–H and O–H groups in total. The molecule has 138 valence electrons. The van der Waals surface area contributed by atoms with Gasteiger partial charge in [-0.05, 0) is 57.7 Å². The number of fused-ring (bicyclic) bond motifs is 2. The van der Waals surface area contributed by atoms with Crippen molar-refractivity contribution < 1.29 is 9.53 Å². The van der Waals surface area contributed by atoms with E-state index >= 15 is 0 Å². The predicted octanol–water partition coefficient (Wildman–Crippen LogP) is 3.00. The summed E-state index contributed by atoms with van der Waals surface area (Å²) in [4.78, 5) is 15.2. The van der Waals surface area contributed by atoms with Crippen molar-refractivity contribution in [1.29, 1.82) is 0 Å². The molecule has 0 bridgehead atoms. The number of piperidine rings is 1. The molecule has 2 fully saturated rings. The van der Waals surface area contributed by atoms with Gasteiger partial charge in [0.25, 0.3) is 0 Å². The van der Waals surface area contributed by atoms with Crippen LogP contribution in [-0.4, -0.2) is 44.1 Å². The van der Waals surface area contributed by atoms with Gasteiger partial charge in [-0.2, -0.15) is 0 Å². The van der Waals surface area contributed by atoms with Crippen molar-refractivity contribution in [3.05, 3.63) is 29.8 Å². The number of hydrogen-bond donors (Lipinski definition) is 1. The number of rotatable bonds is 4. The lowest BCUT2D eigenvalue weighted by atomic mass is 9.87. The van der Waals surface area contributed by atoms with E-state index < -0.39 is 0 Å². The third-order valence-corrected chi connectivity index (χ3v) is 6.33.